The Bertz CT molecular complexity index is 803. The van der Waals surface area contributed by atoms with Gasteiger partial charge in [-0.05, 0) is 42.8 Å². The molecule has 0 aliphatic carbocycles. The second kappa shape index (κ2) is 6.31. The minimum absolute atomic E-state index is 0.261. The summed E-state index contributed by atoms with van der Waals surface area (Å²) in [6, 6.07) is 6.50. The number of hydrogen-bond acceptors (Lipinski definition) is 5. The molecule has 0 saturated carbocycles. The molecule has 2 aliphatic rings. The molecule has 2 aliphatic heterocycles. The fraction of sp³-hybridized carbons (Fsp3) is 0.312. The first-order valence-corrected chi connectivity index (χ1v) is 8.52. The van der Waals surface area contributed by atoms with Crippen molar-refractivity contribution in [2.45, 2.75) is 26.4 Å². The summed E-state index contributed by atoms with van der Waals surface area (Å²) < 4.78 is 5.74. The molecule has 0 bridgehead atoms. The Hall–Kier alpha value is -2.13. The normalized spacial score (nSPS) is 16.8. The van der Waals surface area contributed by atoms with E-state index in [1.807, 2.05) is 6.07 Å². The number of benzene rings is 1. The van der Waals surface area contributed by atoms with Crippen LogP contribution in [0.15, 0.2) is 39.9 Å². The molecule has 2 heterocycles. The first kappa shape index (κ1) is 17.7. The summed E-state index contributed by atoms with van der Waals surface area (Å²) in [7, 11) is -1.18. The first-order chi connectivity index (χ1) is 11.7. The topological polar surface area (TPSA) is 82.4 Å². The number of nitrogens with zero attached hydrogens (tertiary/aromatic N) is 3. The van der Waals surface area contributed by atoms with Gasteiger partial charge in [-0.15, -0.1) is 0 Å². The van der Waals surface area contributed by atoms with Crippen molar-refractivity contribution in [3.63, 3.8) is 0 Å². The average molecular weight is 406 g/mol. The van der Waals surface area contributed by atoms with Crippen molar-refractivity contribution in [1.29, 1.82) is 0 Å². The van der Waals surface area contributed by atoms with Crippen LogP contribution in [0.4, 0.5) is 10.5 Å². The van der Waals surface area contributed by atoms with E-state index in [9.17, 15) is 14.6 Å². The number of carbonyl (C=O) groups is 2. The van der Waals surface area contributed by atoms with Crippen LogP contribution in [-0.4, -0.2) is 51.8 Å². The molecule has 0 aromatic heterocycles. The number of hydrogen-bond donors (Lipinski definition) is 1. The lowest BCUT2D eigenvalue weighted by Crippen LogP contribution is -2.61. The molecule has 25 heavy (non-hydrogen) atoms. The van der Waals surface area contributed by atoms with Crippen LogP contribution in [0, 0.1) is 0 Å². The Morgan fingerprint density at radius 3 is 2.72 bits per heavy atom. The van der Waals surface area contributed by atoms with E-state index in [2.05, 4.69) is 20.9 Å². The Morgan fingerprint density at radius 1 is 1.36 bits per heavy atom. The van der Waals surface area contributed by atoms with Gasteiger partial charge in [-0.25, -0.2) is 9.79 Å². The number of amides is 2. The van der Waals surface area contributed by atoms with Gasteiger partial charge in [-0.3, -0.25) is 14.5 Å². The van der Waals surface area contributed by atoms with Gasteiger partial charge in [0.1, 0.15) is 18.0 Å². The fourth-order valence-corrected chi connectivity index (χ4v) is 3.14. The van der Waals surface area contributed by atoms with Crippen molar-refractivity contribution in [1.82, 2.24) is 9.71 Å². The van der Waals surface area contributed by atoms with Crippen LogP contribution in [0.3, 0.4) is 0 Å². The molecular formula is C16H17BBrN3O4. The van der Waals surface area contributed by atoms with Gasteiger partial charge in [-0.2, -0.15) is 0 Å². The van der Waals surface area contributed by atoms with Crippen LogP contribution in [0.1, 0.15) is 20.8 Å². The van der Waals surface area contributed by atoms with Gasteiger partial charge in [0.05, 0.1) is 10.2 Å². The maximum Gasteiger partial charge on any atom is 0.461 e. The fourth-order valence-electron chi connectivity index (χ4n) is 2.61. The molecule has 0 unspecified atom stereocenters. The third kappa shape index (κ3) is 3.47. The number of rotatable bonds is 2. The summed E-state index contributed by atoms with van der Waals surface area (Å²) >= 11 is 3.36. The maximum absolute atomic E-state index is 12.8. The van der Waals surface area contributed by atoms with Gasteiger partial charge in [0.2, 0.25) is 0 Å². The summed E-state index contributed by atoms with van der Waals surface area (Å²) in [5.41, 5.74) is 0.478. The number of esters is 1. The van der Waals surface area contributed by atoms with Gasteiger partial charge in [0.15, 0.2) is 0 Å². The molecule has 0 saturated heterocycles. The zero-order chi connectivity index (χ0) is 18.4. The molecular weight excluding hydrogens is 389 g/mol. The number of fused-ring (bicyclic) bond motifs is 2. The lowest BCUT2D eigenvalue weighted by molar-refractivity contribution is -0.154. The molecule has 3 rings (SSSR count). The van der Waals surface area contributed by atoms with E-state index in [1.54, 1.807) is 39.0 Å². The Labute approximate surface area is 154 Å². The van der Waals surface area contributed by atoms with Crippen molar-refractivity contribution >= 4 is 52.0 Å². The lowest BCUT2D eigenvalue weighted by atomic mass is 9.69. The second-order valence-electron chi connectivity index (χ2n) is 6.71. The standard InChI is InChI=1S/C16H17BBrN3O4/c1-16(2,3)25-13(22)9-20-8-11(18)14-19-12-7-5-4-6-10(12)17(24)21(14)15(20)23/h4-8,24H,9H2,1-3H3. The highest BCUT2D eigenvalue weighted by atomic mass is 79.9. The summed E-state index contributed by atoms with van der Waals surface area (Å²) in [5.74, 6) is -0.235. The highest BCUT2D eigenvalue weighted by molar-refractivity contribution is 9.12. The Morgan fingerprint density at radius 2 is 2.04 bits per heavy atom. The number of carbonyl (C=O) groups excluding carboxylic acids is 2. The number of urea groups is 1. The number of para-hydroxylation sites is 1. The van der Waals surface area contributed by atoms with E-state index in [1.165, 1.54) is 11.1 Å². The van der Waals surface area contributed by atoms with Gasteiger partial charge < -0.3 is 9.76 Å². The molecule has 1 aromatic rings. The molecule has 130 valence electrons. The molecule has 7 nitrogen and oxygen atoms in total. The van der Waals surface area contributed by atoms with Gasteiger partial charge in [0, 0.05) is 11.7 Å². The van der Waals surface area contributed by atoms with Crippen molar-refractivity contribution in [3.8, 4) is 0 Å². The number of ether oxygens (including phenoxy) is 1. The molecule has 9 heteroatoms. The number of halogens is 1. The zero-order valence-electron chi connectivity index (χ0n) is 14.1. The van der Waals surface area contributed by atoms with Gasteiger partial charge >= 0.3 is 19.1 Å². The van der Waals surface area contributed by atoms with Crippen LogP contribution in [-0.2, 0) is 9.53 Å². The third-order valence-corrected chi connectivity index (χ3v) is 4.13. The second-order valence-corrected chi connectivity index (χ2v) is 7.57. The molecule has 1 N–H and O–H groups in total. The molecule has 1 aromatic carbocycles. The van der Waals surface area contributed by atoms with Gasteiger partial charge in [-0.1, -0.05) is 18.2 Å². The predicted molar refractivity (Wildman–Crippen MR) is 97.9 cm³/mol. The lowest BCUT2D eigenvalue weighted by Gasteiger charge is -2.37. The molecule has 0 fully saturated rings. The highest BCUT2D eigenvalue weighted by Gasteiger charge is 2.43. The number of amidine groups is 1. The molecule has 0 radical (unpaired) electrons. The smallest absolute Gasteiger partial charge is 0.459 e. The van der Waals surface area contributed by atoms with Crippen LogP contribution in [0.2, 0.25) is 0 Å². The van der Waals surface area contributed by atoms with E-state index in [0.717, 1.165) is 4.81 Å². The van der Waals surface area contributed by atoms with E-state index in [4.69, 9.17) is 4.74 Å². The monoisotopic (exact) mass is 405 g/mol. The highest BCUT2D eigenvalue weighted by Crippen LogP contribution is 2.28. The van der Waals surface area contributed by atoms with E-state index in [0.29, 0.717) is 21.5 Å². The van der Waals surface area contributed by atoms with Crippen LogP contribution in [0.5, 0.6) is 0 Å². The van der Waals surface area contributed by atoms with Crippen LogP contribution in [0.25, 0.3) is 0 Å². The summed E-state index contributed by atoms with van der Waals surface area (Å²) in [5, 5.41) is 10.6. The van der Waals surface area contributed by atoms with Crippen LogP contribution < -0.4 is 5.46 Å². The minimum atomic E-state index is -1.18. The van der Waals surface area contributed by atoms with E-state index >= 15 is 0 Å². The predicted octanol–water partition coefficient (Wildman–Crippen LogP) is 1.73. The number of aliphatic imine (C=N–C) groups is 1. The largest absolute Gasteiger partial charge is 0.461 e. The quantitative estimate of drug-likeness (QED) is 0.600. The van der Waals surface area contributed by atoms with Gasteiger partial charge in [0.25, 0.3) is 0 Å². The van der Waals surface area contributed by atoms with Crippen molar-refractivity contribution in [2.75, 3.05) is 6.54 Å². The molecule has 2 amide bonds. The first-order valence-electron chi connectivity index (χ1n) is 7.72. The molecule has 0 spiro atoms. The summed E-state index contributed by atoms with van der Waals surface area (Å²) in [4.78, 5) is 31.6. The Balaban J connectivity index is 1.91. The average Bonchev–Trinajstić information content (AvgIpc) is 2.50. The van der Waals surface area contributed by atoms with Crippen molar-refractivity contribution < 1.29 is 19.3 Å². The van der Waals surface area contributed by atoms with Crippen LogP contribution >= 0.6 is 15.9 Å². The zero-order valence-corrected chi connectivity index (χ0v) is 15.6. The Kier molecular flexibility index (Phi) is 4.46. The maximum atomic E-state index is 12.8. The summed E-state index contributed by atoms with van der Waals surface area (Å²) in [6.45, 7) is 5.00. The summed E-state index contributed by atoms with van der Waals surface area (Å²) in [6.07, 6.45) is 1.47. The molecule has 0 atom stereocenters. The van der Waals surface area contributed by atoms with E-state index < -0.39 is 24.7 Å². The SMILES string of the molecule is CC(C)(C)OC(=O)CN1C=C(Br)C2=Nc3ccccc3B(O)N2C1=O. The van der Waals surface area contributed by atoms with Crippen molar-refractivity contribution in [2.24, 2.45) is 4.99 Å². The van der Waals surface area contributed by atoms with Crippen molar-refractivity contribution in [3.05, 3.63) is 34.9 Å². The minimum Gasteiger partial charge on any atom is -0.459 e. The third-order valence-electron chi connectivity index (χ3n) is 3.57. The van der Waals surface area contributed by atoms with E-state index in [-0.39, 0.29) is 6.54 Å².